The van der Waals surface area contributed by atoms with Gasteiger partial charge in [0, 0.05) is 42.6 Å². The van der Waals surface area contributed by atoms with Gasteiger partial charge in [-0.3, -0.25) is 4.57 Å². The van der Waals surface area contributed by atoms with Gasteiger partial charge < -0.3 is 4.42 Å². The Balaban J connectivity index is 1.45. The smallest absolute Gasteiger partial charge is 0.139 e. The minimum atomic E-state index is 0.896. The maximum atomic E-state index is 6.61. The second-order valence-electron chi connectivity index (χ2n) is 10.7. The molecule has 10 aromatic rings. The first-order chi connectivity index (χ1) is 20.3. The highest BCUT2D eigenvalue weighted by Gasteiger charge is 2.23. The van der Waals surface area contributed by atoms with Crippen molar-refractivity contribution in [2.45, 2.75) is 0 Å². The second kappa shape index (κ2) is 7.72. The van der Waals surface area contributed by atoms with Crippen LogP contribution >= 0.6 is 11.3 Å². The molecule has 4 heteroatoms. The molecule has 0 aliphatic carbocycles. The van der Waals surface area contributed by atoms with E-state index in [1.807, 2.05) is 11.3 Å². The van der Waals surface area contributed by atoms with E-state index in [1.54, 1.807) is 0 Å². The first-order valence-electron chi connectivity index (χ1n) is 13.8. The number of hydrogen-bond donors (Lipinski definition) is 0. The van der Waals surface area contributed by atoms with E-state index in [4.69, 9.17) is 9.40 Å². The van der Waals surface area contributed by atoms with Crippen LogP contribution in [-0.4, -0.2) is 9.55 Å². The molecule has 0 N–H and O–H groups in total. The normalized spacial score (nSPS) is 12.4. The van der Waals surface area contributed by atoms with Gasteiger partial charge in [0.25, 0.3) is 0 Å². The molecule has 0 aliphatic rings. The van der Waals surface area contributed by atoms with Crippen LogP contribution in [0, 0.1) is 0 Å². The van der Waals surface area contributed by atoms with E-state index < -0.39 is 0 Å². The van der Waals surface area contributed by atoms with E-state index in [2.05, 4.69) is 126 Å². The Morgan fingerprint density at radius 3 is 1.93 bits per heavy atom. The monoisotopic (exact) mass is 540 g/mol. The maximum Gasteiger partial charge on any atom is 0.139 e. The molecule has 190 valence electrons. The first kappa shape index (κ1) is 21.6. The van der Waals surface area contributed by atoms with Gasteiger partial charge in [0.2, 0.25) is 0 Å². The third kappa shape index (κ3) is 2.79. The molecule has 0 saturated carbocycles. The number of pyridine rings is 1. The van der Waals surface area contributed by atoms with Crippen LogP contribution in [0.5, 0.6) is 0 Å². The van der Waals surface area contributed by atoms with Crippen LogP contribution in [-0.2, 0) is 0 Å². The van der Waals surface area contributed by atoms with Gasteiger partial charge in [-0.1, -0.05) is 84.9 Å². The Morgan fingerprint density at radius 1 is 0.561 bits per heavy atom. The highest BCUT2D eigenvalue weighted by molar-refractivity contribution is 7.26. The molecular formula is C37H20N2OS. The molecule has 0 bridgehead atoms. The summed E-state index contributed by atoms with van der Waals surface area (Å²) >= 11 is 1.82. The summed E-state index contributed by atoms with van der Waals surface area (Å²) in [5.41, 5.74) is 6.21. The van der Waals surface area contributed by atoms with E-state index in [1.165, 1.54) is 41.7 Å². The molecule has 10 rings (SSSR count). The van der Waals surface area contributed by atoms with Crippen LogP contribution in [0.1, 0.15) is 0 Å². The van der Waals surface area contributed by atoms with Gasteiger partial charge in [0.05, 0.1) is 21.4 Å². The van der Waals surface area contributed by atoms with Gasteiger partial charge in [0.15, 0.2) is 0 Å². The zero-order valence-corrected chi connectivity index (χ0v) is 22.6. The summed E-state index contributed by atoms with van der Waals surface area (Å²) < 4.78 is 11.5. The summed E-state index contributed by atoms with van der Waals surface area (Å²) in [7, 11) is 0. The number of aromatic nitrogens is 2. The summed E-state index contributed by atoms with van der Waals surface area (Å²) in [5.74, 6) is 0.926. The average molecular weight is 541 g/mol. The Labute approximate surface area is 237 Å². The van der Waals surface area contributed by atoms with Gasteiger partial charge in [-0.05, 0) is 47.2 Å². The van der Waals surface area contributed by atoms with Gasteiger partial charge in [0.1, 0.15) is 17.0 Å². The molecule has 0 amide bonds. The van der Waals surface area contributed by atoms with Crippen LogP contribution in [0.15, 0.2) is 126 Å². The molecule has 6 aromatic carbocycles. The SMILES string of the molecule is c1ccc(-c2nc(-n3c4ccc5cccc6oc7cccc8ccc3c(c87)c4c56)cc3c2sc2ccccc23)cc1. The molecule has 0 atom stereocenters. The minimum Gasteiger partial charge on any atom is -0.456 e. The highest BCUT2D eigenvalue weighted by Crippen LogP contribution is 2.46. The topological polar surface area (TPSA) is 31.0 Å². The van der Waals surface area contributed by atoms with Crippen LogP contribution in [0.3, 0.4) is 0 Å². The molecule has 41 heavy (non-hydrogen) atoms. The lowest BCUT2D eigenvalue weighted by Crippen LogP contribution is -1.99. The lowest BCUT2D eigenvalue weighted by Gasteiger charge is -2.12. The molecule has 0 unspecified atom stereocenters. The molecule has 3 nitrogen and oxygen atoms in total. The van der Waals surface area contributed by atoms with Gasteiger partial charge in [-0.2, -0.15) is 0 Å². The van der Waals surface area contributed by atoms with Crippen LogP contribution in [0.4, 0.5) is 0 Å². The lowest BCUT2D eigenvalue weighted by molar-refractivity contribution is 0.664. The van der Waals surface area contributed by atoms with Crippen molar-refractivity contribution in [3.8, 4) is 17.1 Å². The number of thiophene rings is 1. The van der Waals surface area contributed by atoms with Crippen molar-refractivity contribution >= 4 is 86.0 Å². The predicted octanol–water partition coefficient (Wildman–Crippen LogP) is 10.7. The summed E-state index contributed by atoms with van der Waals surface area (Å²) in [5, 5.41) is 9.62. The number of rotatable bonds is 2. The third-order valence-corrected chi connectivity index (χ3v) is 9.74. The standard InChI is InChI=1S/C37H20N2OS/c1-2-8-23(9-3-1)36-37-25(24-12-4-5-15-30(24)41-37)20-31(38-36)39-26-18-16-21-10-6-13-28-32(21)34(26)35-27(39)19-17-22-11-7-14-29(40-28)33(22)35/h1-20H. The maximum absolute atomic E-state index is 6.61. The van der Waals surface area contributed by atoms with Crippen LogP contribution in [0.25, 0.3) is 91.8 Å². The van der Waals surface area contributed by atoms with E-state index in [9.17, 15) is 0 Å². The fourth-order valence-electron chi connectivity index (χ4n) is 6.83. The molecule has 0 spiro atoms. The van der Waals surface area contributed by atoms with Crippen molar-refractivity contribution in [3.63, 3.8) is 0 Å². The first-order valence-corrected chi connectivity index (χ1v) is 14.6. The molecule has 0 fully saturated rings. The minimum absolute atomic E-state index is 0.896. The molecular weight excluding hydrogens is 520 g/mol. The van der Waals surface area contributed by atoms with Gasteiger partial charge >= 0.3 is 0 Å². The Bertz CT molecular complexity index is 2540. The van der Waals surface area contributed by atoms with Crippen molar-refractivity contribution < 1.29 is 4.42 Å². The molecule has 0 radical (unpaired) electrons. The third-order valence-electron chi connectivity index (χ3n) is 8.55. The fourth-order valence-corrected chi connectivity index (χ4v) is 8.02. The molecule has 4 heterocycles. The van der Waals surface area contributed by atoms with Gasteiger partial charge in [-0.15, -0.1) is 11.3 Å². The number of benzene rings is 6. The van der Waals surface area contributed by atoms with E-state index in [0.29, 0.717) is 0 Å². The van der Waals surface area contributed by atoms with Crippen LogP contribution in [0.2, 0.25) is 0 Å². The zero-order chi connectivity index (χ0) is 26.7. The summed E-state index contributed by atoms with van der Waals surface area (Å²) in [6.45, 7) is 0. The Hall–Kier alpha value is -5.19. The quantitative estimate of drug-likeness (QED) is 0.218. The molecule has 0 aliphatic heterocycles. The van der Waals surface area contributed by atoms with Crippen molar-refractivity contribution in [1.29, 1.82) is 0 Å². The summed E-state index contributed by atoms with van der Waals surface area (Å²) in [6, 6.07) is 43.2. The average Bonchev–Trinajstić information content (AvgIpc) is 3.52. The fraction of sp³-hybridized carbons (Fsp3) is 0. The van der Waals surface area contributed by atoms with Crippen molar-refractivity contribution in [2.75, 3.05) is 0 Å². The lowest BCUT2D eigenvalue weighted by atomic mass is 10.00. The van der Waals surface area contributed by atoms with Crippen molar-refractivity contribution in [2.24, 2.45) is 0 Å². The second-order valence-corrected chi connectivity index (χ2v) is 11.8. The largest absolute Gasteiger partial charge is 0.456 e. The summed E-state index contributed by atoms with van der Waals surface area (Å²) in [6.07, 6.45) is 0. The predicted molar refractivity (Wildman–Crippen MR) is 173 cm³/mol. The van der Waals surface area contributed by atoms with Crippen molar-refractivity contribution in [3.05, 3.63) is 121 Å². The van der Waals surface area contributed by atoms with E-state index >= 15 is 0 Å². The van der Waals surface area contributed by atoms with E-state index in [0.717, 1.165) is 50.0 Å². The molecule has 4 aromatic heterocycles. The number of fused-ring (bicyclic) bond motifs is 3. The van der Waals surface area contributed by atoms with E-state index in [-0.39, 0.29) is 0 Å². The summed E-state index contributed by atoms with van der Waals surface area (Å²) in [4.78, 5) is 5.45. The number of nitrogens with zero attached hydrogens (tertiary/aromatic N) is 2. The van der Waals surface area contributed by atoms with Crippen molar-refractivity contribution in [1.82, 2.24) is 9.55 Å². The van der Waals surface area contributed by atoms with Crippen LogP contribution < -0.4 is 0 Å². The van der Waals surface area contributed by atoms with Gasteiger partial charge in [-0.25, -0.2) is 4.98 Å². The molecule has 0 saturated heterocycles. The Morgan fingerprint density at radius 2 is 1.22 bits per heavy atom. The Kier molecular flexibility index (Phi) is 4.07. The number of hydrogen-bond acceptors (Lipinski definition) is 3. The highest BCUT2D eigenvalue weighted by atomic mass is 32.1. The zero-order valence-electron chi connectivity index (χ0n) is 21.8.